The third-order valence-electron chi connectivity index (χ3n) is 1.20. The summed E-state index contributed by atoms with van der Waals surface area (Å²) >= 11 is 0. The highest BCUT2D eigenvalue weighted by Crippen LogP contribution is 1.98. The minimum Gasteiger partial charge on any atom is -0.405 e. The highest BCUT2D eigenvalue weighted by atomic mass is 14.7. The average Bonchev–Trinajstić information content (AvgIpc) is 1.95. The van der Waals surface area contributed by atoms with E-state index in [0.29, 0.717) is 0 Å². The van der Waals surface area contributed by atoms with Gasteiger partial charge in [-0.2, -0.15) is 0 Å². The van der Waals surface area contributed by atoms with E-state index in [0.717, 1.165) is 11.3 Å². The summed E-state index contributed by atoms with van der Waals surface area (Å²) in [6.07, 6.45) is 5.06. The van der Waals surface area contributed by atoms with Gasteiger partial charge in [-0.1, -0.05) is 6.07 Å². The molecule has 0 aliphatic carbocycles. The summed E-state index contributed by atoms with van der Waals surface area (Å²) < 4.78 is 0. The fourth-order valence-corrected chi connectivity index (χ4v) is 0.676. The Kier molecular flexibility index (Phi) is 2.05. The van der Waals surface area contributed by atoms with E-state index in [1.807, 2.05) is 25.3 Å². The molecule has 2 N–H and O–H groups in total. The van der Waals surface area contributed by atoms with Crippen molar-refractivity contribution in [3.8, 4) is 0 Å². The van der Waals surface area contributed by atoms with Crippen LogP contribution in [0.3, 0.4) is 0 Å². The normalized spacial score (nSPS) is 10.5. The lowest BCUT2D eigenvalue weighted by Gasteiger charge is -1.91. The van der Waals surface area contributed by atoms with Gasteiger partial charge in [-0.05, 0) is 30.8 Å². The van der Waals surface area contributed by atoms with Crippen molar-refractivity contribution in [2.75, 3.05) is 0 Å². The molecule has 0 saturated carbocycles. The molecule has 0 unspecified atom stereocenters. The van der Waals surface area contributed by atoms with Gasteiger partial charge in [0.25, 0.3) is 0 Å². The predicted octanol–water partition coefficient (Wildman–Crippen LogP) is 1.32. The van der Waals surface area contributed by atoms with Gasteiger partial charge in [0, 0.05) is 6.20 Å². The Hall–Kier alpha value is -1.31. The minimum absolute atomic E-state index is 0.896. The van der Waals surface area contributed by atoms with E-state index in [4.69, 9.17) is 5.73 Å². The summed E-state index contributed by atoms with van der Waals surface area (Å²) in [5.41, 5.74) is 7.24. The maximum absolute atomic E-state index is 5.18. The van der Waals surface area contributed by atoms with Crippen LogP contribution in [0.1, 0.15) is 11.3 Å². The maximum atomic E-state index is 5.18. The molecule has 2 heteroatoms. The van der Waals surface area contributed by atoms with Crippen LogP contribution in [0.2, 0.25) is 0 Å². The molecular formula is C8H10N2. The van der Waals surface area contributed by atoms with E-state index in [9.17, 15) is 0 Å². The third kappa shape index (κ3) is 1.58. The molecule has 0 aliphatic rings. The van der Waals surface area contributed by atoms with Gasteiger partial charge in [0.1, 0.15) is 0 Å². The molecule has 0 atom stereocenters. The average molecular weight is 134 g/mol. The molecule has 0 aliphatic heterocycles. The van der Waals surface area contributed by atoms with E-state index in [-0.39, 0.29) is 0 Å². The fraction of sp³-hybridized carbons (Fsp3) is 0.125. The molecule has 10 heavy (non-hydrogen) atoms. The highest BCUT2D eigenvalue weighted by Gasteiger charge is 1.85. The molecule has 1 aromatic heterocycles. The lowest BCUT2D eigenvalue weighted by Crippen LogP contribution is -1.82. The molecule has 52 valence electrons. The zero-order valence-electron chi connectivity index (χ0n) is 5.91. The molecule has 0 aromatic carbocycles. The molecule has 1 heterocycles. The summed E-state index contributed by atoms with van der Waals surface area (Å²) in [6.45, 7) is 2.00. The Bertz CT molecular complexity index is 224. The highest BCUT2D eigenvalue weighted by molar-refractivity contribution is 5.43. The Morgan fingerprint density at radius 1 is 1.50 bits per heavy atom. The summed E-state index contributed by atoms with van der Waals surface area (Å²) in [7, 11) is 0. The summed E-state index contributed by atoms with van der Waals surface area (Å²) in [5, 5.41) is 0. The molecule has 1 rings (SSSR count). The Labute approximate surface area is 60.4 Å². The van der Waals surface area contributed by atoms with Crippen LogP contribution in [0.4, 0.5) is 0 Å². The first-order valence-corrected chi connectivity index (χ1v) is 3.14. The van der Waals surface area contributed by atoms with Crippen molar-refractivity contribution in [2.45, 2.75) is 6.92 Å². The number of nitrogens with two attached hydrogens (primary N) is 1. The van der Waals surface area contributed by atoms with Gasteiger partial charge in [0.05, 0.1) is 5.69 Å². The number of hydrogen-bond acceptors (Lipinski definition) is 2. The van der Waals surface area contributed by atoms with E-state index >= 15 is 0 Å². The molecule has 0 saturated heterocycles. The first-order chi connectivity index (χ1) is 4.83. The zero-order valence-corrected chi connectivity index (χ0v) is 5.91. The van der Waals surface area contributed by atoms with Crippen molar-refractivity contribution in [2.24, 2.45) is 5.73 Å². The number of aromatic nitrogens is 1. The van der Waals surface area contributed by atoms with Crippen LogP contribution in [0.15, 0.2) is 24.5 Å². The van der Waals surface area contributed by atoms with Crippen molar-refractivity contribution >= 4 is 6.08 Å². The zero-order chi connectivity index (χ0) is 7.40. The second kappa shape index (κ2) is 3.01. The van der Waals surface area contributed by atoms with Gasteiger partial charge < -0.3 is 5.73 Å². The molecule has 0 bridgehead atoms. The van der Waals surface area contributed by atoms with Gasteiger partial charge in [0.15, 0.2) is 0 Å². The standard InChI is InChI=1S/C8H10N2/c1-7-2-3-8(4-5-9)10-6-7/h2-6H,9H2,1H3/b5-4+. The van der Waals surface area contributed by atoms with Gasteiger partial charge >= 0.3 is 0 Å². The topological polar surface area (TPSA) is 38.9 Å². The van der Waals surface area contributed by atoms with Crippen molar-refractivity contribution in [3.05, 3.63) is 35.8 Å². The summed E-state index contributed by atoms with van der Waals surface area (Å²) in [4.78, 5) is 4.10. The van der Waals surface area contributed by atoms with Crippen molar-refractivity contribution < 1.29 is 0 Å². The Morgan fingerprint density at radius 2 is 2.30 bits per heavy atom. The monoisotopic (exact) mass is 134 g/mol. The van der Waals surface area contributed by atoms with Crippen molar-refractivity contribution in [1.29, 1.82) is 0 Å². The van der Waals surface area contributed by atoms with Gasteiger partial charge in [-0.15, -0.1) is 0 Å². The molecule has 0 spiro atoms. The second-order valence-corrected chi connectivity index (χ2v) is 2.12. The second-order valence-electron chi connectivity index (χ2n) is 2.12. The predicted molar refractivity (Wildman–Crippen MR) is 42.2 cm³/mol. The number of rotatable bonds is 1. The van der Waals surface area contributed by atoms with Gasteiger partial charge in [-0.25, -0.2) is 0 Å². The van der Waals surface area contributed by atoms with Crippen LogP contribution in [0, 0.1) is 6.92 Å². The van der Waals surface area contributed by atoms with Crippen LogP contribution >= 0.6 is 0 Å². The number of aryl methyl sites for hydroxylation is 1. The van der Waals surface area contributed by atoms with Crippen molar-refractivity contribution in [1.82, 2.24) is 4.98 Å². The smallest absolute Gasteiger partial charge is 0.0644 e. The minimum atomic E-state index is 0.896. The van der Waals surface area contributed by atoms with Gasteiger partial charge in [0.2, 0.25) is 0 Å². The Balaban J connectivity index is 2.89. The van der Waals surface area contributed by atoms with Crippen LogP contribution < -0.4 is 5.73 Å². The largest absolute Gasteiger partial charge is 0.405 e. The Morgan fingerprint density at radius 3 is 2.80 bits per heavy atom. The first kappa shape index (κ1) is 6.81. The number of pyridine rings is 1. The molecule has 2 nitrogen and oxygen atoms in total. The lowest BCUT2D eigenvalue weighted by atomic mass is 10.3. The first-order valence-electron chi connectivity index (χ1n) is 3.14. The van der Waals surface area contributed by atoms with Gasteiger partial charge in [-0.3, -0.25) is 4.98 Å². The third-order valence-corrected chi connectivity index (χ3v) is 1.20. The SMILES string of the molecule is Cc1ccc(/C=C/N)nc1. The van der Waals surface area contributed by atoms with E-state index in [2.05, 4.69) is 4.98 Å². The fourth-order valence-electron chi connectivity index (χ4n) is 0.676. The molecule has 0 amide bonds. The molecular weight excluding hydrogens is 124 g/mol. The quantitative estimate of drug-likeness (QED) is 0.629. The van der Waals surface area contributed by atoms with E-state index < -0.39 is 0 Å². The van der Waals surface area contributed by atoms with E-state index in [1.54, 1.807) is 6.08 Å². The van der Waals surface area contributed by atoms with E-state index in [1.165, 1.54) is 6.20 Å². The van der Waals surface area contributed by atoms with Crippen LogP contribution in [-0.2, 0) is 0 Å². The molecule has 0 fully saturated rings. The number of hydrogen-bond donors (Lipinski definition) is 1. The maximum Gasteiger partial charge on any atom is 0.0644 e. The molecule has 1 aromatic rings. The van der Waals surface area contributed by atoms with Crippen molar-refractivity contribution in [3.63, 3.8) is 0 Å². The van der Waals surface area contributed by atoms with Crippen LogP contribution in [-0.4, -0.2) is 4.98 Å². The number of nitrogens with zero attached hydrogens (tertiary/aromatic N) is 1. The molecule has 0 radical (unpaired) electrons. The summed E-state index contributed by atoms with van der Waals surface area (Å²) in [6, 6.07) is 3.93. The van der Waals surface area contributed by atoms with Crippen LogP contribution in [0.25, 0.3) is 6.08 Å². The lowest BCUT2D eigenvalue weighted by molar-refractivity contribution is 1.24. The van der Waals surface area contributed by atoms with Crippen LogP contribution in [0.5, 0.6) is 0 Å². The summed E-state index contributed by atoms with van der Waals surface area (Å²) in [5.74, 6) is 0.